The van der Waals surface area contributed by atoms with E-state index in [4.69, 9.17) is 5.26 Å². The van der Waals surface area contributed by atoms with E-state index in [0.717, 1.165) is 17.2 Å². The number of nitriles is 1. The normalized spacial score (nSPS) is 10.2. The Bertz CT molecular complexity index is 635. The first-order valence-corrected chi connectivity index (χ1v) is 5.74. The smallest absolute Gasteiger partial charge is 0.165 e. The van der Waals surface area contributed by atoms with Crippen molar-refractivity contribution in [1.82, 2.24) is 4.98 Å². The molecule has 0 amide bonds. The molecule has 0 saturated heterocycles. The molecule has 0 unspecified atom stereocenters. The van der Waals surface area contributed by atoms with Gasteiger partial charge in [-0.2, -0.15) is 5.26 Å². The van der Waals surface area contributed by atoms with Gasteiger partial charge in [-0.1, -0.05) is 0 Å². The number of aldehydes is 1. The predicted octanol–water partition coefficient (Wildman–Crippen LogP) is 2.59. The summed E-state index contributed by atoms with van der Waals surface area (Å²) >= 11 is 0. The van der Waals surface area contributed by atoms with Crippen molar-refractivity contribution in [2.24, 2.45) is 0 Å². The summed E-state index contributed by atoms with van der Waals surface area (Å²) in [5.74, 6) is -0.00168. The van der Waals surface area contributed by atoms with Crippen molar-refractivity contribution >= 4 is 23.0 Å². The third kappa shape index (κ3) is 2.30. The van der Waals surface area contributed by atoms with Gasteiger partial charge in [-0.15, -0.1) is 0 Å². The monoisotopic (exact) mass is 240 g/mol. The maximum absolute atomic E-state index is 12.0. The highest BCUT2D eigenvalue weighted by Crippen LogP contribution is 2.21. The van der Waals surface area contributed by atoms with Crippen LogP contribution >= 0.6 is 0 Å². The van der Waals surface area contributed by atoms with Crippen molar-refractivity contribution < 1.29 is 9.59 Å². The van der Waals surface area contributed by atoms with Crippen LogP contribution in [-0.4, -0.2) is 17.1 Å². The van der Waals surface area contributed by atoms with Gasteiger partial charge in [0.2, 0.25) is 0 Å². The summed E-state index contributed by atoms with van der Waals surface area (Å²) in [5, 5.41) is 9.62. The minimum Gasteiger partial charge on any atom is -0.360 e. The molecule has 18 heavy (non-hydrogen) atoms. The quantitative estimate of drug-likeness (QED) is 0.496. The van der Waals surface area contributed by atoms with Crippen LogP contribution in [0, 0.1) is 11.3 Å². The summed E-state index contributed by atoms with van der Waals surface area (Å²) in [6.45, 7) is 0. The molecule has 2 rings (SSSR count). The van der Waals surface area contributed by atoms with Gasteiger partial charge in [0.25, 0.3) is 0 Å². The Hall–Kier alpha value is -2.41. The summed E-state index contributed by atoms with van der Waals surface area (Å²) < 4.78 is 0. The molecule has 1 heterocycles. The number of rotatable bonds is 5. The van der Waals surface area contributed by atoms with Crippen LogP contribution < -0.4 is 0 Å². The fourth-order valence-electron chi connectivity index (χ4n) is 1.90. The minimum absolute atomic E-state index is 0.00168. The van der Waals surface area contributed by atoms with E-state index in [9.17, 15) is 9.59 Å². The van der Waals surface area contributed by atoms with Gasteiger partial charge in [-0.05, 0) is 24.6 Å². The zero-order chi connectivity index (χ0) is 13.0. The van der Waals surface area contributed by atoms with Gasteiger partial charge < -0.3 is 9.78 Å². The lowest BCUT2D eigenvalue weighted by molar-refractivity contribution is -0.107. The van der Waals surface area contributed by atoms with Gasteiger partial charge in [0.15, 0.2) is 5.78 Å². The maximum Gasteiger partial charge on any atom is 0.165 e. The van der Waals surface area contributed by atoms with Crippen LogP contribution in [0.5, 0.6) is 0 Å². The summed E-state index contributed by atoms with van der Waals surface area (Å²) in [5.41, 5.74) is 1.96. The Morgan fingerprint density at radius 1 is 1.44 bits per heavy atom. The van der Waals surface area contributed by atoms with E-state index >= 15 is 0 Å². The van der Waals surface area contributed by atoms with E-state index in [1.807, 2.05) is 0 Å². The molecular formula is C14H12N2O2. The summed E-state index contributed by atoms with van der Waals surface area (Å²) in [7, 11) is 0. The number of hydrogen-bond donors (Lipinski definition) is 1. The van der Waals surface area contributed by atoms with Gasteiger partial charge in [0, 0.05) is 35.5 Å². The molecule has 1 aromatic carbocycles. The molecule has 0 aliphatic carbocycles. The maximum atomic E-state index is 12.0. The number of H-pyrrole nitrogens is 1. The highest BCUT2D eigenvalue weighted by atomic mass is 16.1. The average molecular weight is 240 g/mol. The van der Waals surface area contributed by atoms with Crippen LogP contribution in [0.4, 0.5) is 0 Å². The van der Waals surface area contributed by atoms with E-state index in [2.05, 4.69) is 11.1 Å². The number of unbranched alkanes of at least 4 members (excludes halogenated alkanes) is 1. The zero-order valence-electron chi connectivity index (χ0n) is 9.77. The number of carbonyl (C=O) groups excluding carboxylic acids is 2. The molecule has 0 atom stereocenters. The van der Waals surface area contributed by atoms with Crippen molar-refractivity contribution in [3.63, 3.8) is 0 Å². The van der Waals surface area contributed by atoms with Crippen LogP contribution in [0.15, 0.2) is 24.4 Å². The summed E-state index contributed by atoms with van der Waals surface area (Å²) in [6, 6.07) is 7.26. The van der Waals surface area contributed by atoms with Crippen molar-refractivity contribution in [2.75, 3.05) is 0 Å². The van der Waals surface area contributed by atoms with Crippen LogP contribution in [0.1, 0.15) is 35.2 Å². The molecule has 0 aliphatic heterocycles. The molecule has 4 heteroatoms. The minimum atomic E-state index is -0.00168. The lowest BCUT2D eigenvalue weighted by Crippen LogP contribution is -1.98. The Balaban J connectivity index is 2.30. The molecule has 4 nitrogen and oxygen atoms in total. The van der Waals surface area contributed by atoms with Crippen molar-refractivity contribution in [3.8, 4) is 6.07 Å². The lowest BCUT2D eigenvalue weighted by atomic mass is 10.0. The number of Topliss-reactive ketones (excluding diaryl/α,β-unsaturated/α-hetero) is 1. The summed E-state index contributed by atoms with van der Waals surface area (Å²) in [6.07, 6.45) is 3.79. The molecule has 0 aliphatic rings. The van der Waals surface area contributed by atoms with Gasteiger partial charge in [-0.3, -0.25) is 4.79 Å². The topological polar surface area (TPSA) is 73.7 Å². The molecule has 1 aromatic heterocycles. The lowest BCUT2D eigenvalue weighted by Gasteiger charge is -1.98. The second-order valence-corrected chi connectivity index (χ2v) is 4.06. The molecule has 0 spiro atoms. The molecule has 2 aromatic rings. The van der Waals surface area contributed by atoms with E-state index in [1.165, 1.54) is 0 Å². The third-order valence-electron chi connectivity index (χ3n) is 2.84. The first kappa shape index (κ1) is 12.1. The van der Waals surface area contributed by atoms with Crippen LogP contribution in [0.3, 0.4) is 0 Å². The molecule has 0 radical (unpaired) electrons. The first-order valence-electron chi connectivity index (χ1n) is 5.74. The first-order chi connectivity index (χ1) is 8.76. The largest absolute Gasteiger partial charge is 0.360 e. The number of carbonyl (C=O) groups is 2. The Morgan fingerprint density at radius 3 is 3.00 bits per heavy atom. The van der Waals surface area contributed by atoms with Crippen molar-refractivity contribution in [1.29, 1.82) is 5.26 Å². The second-order valence-electron chi connectivity index (χ2n) is 4.06. The number of ketones is 1. The van der Waals surface area contributed by atoms with E-state index in [1.54, 1.807) is 24.4 Å². The number of nitrogens with one attached hydrogen (secondary N) is 1. The van der Waals surface area contributed by atoms with Gasteiger partial charge >= 0.3 is 0 Å². The molecule has 0 saturated carbocycles. The number of hydrogen-bond acceptors (Lipinski definition) is 3. The Kier molecular flexibility index (Phi) is 3.54. The van der Waals surface area contributed by atoms with E-state index in [-0.39, 0.29) is 5.78 Å². The SMILES string of the molecule is N#Cc1ccc2[nH]cc(C(=O)CCCC=O)c2c1. The number of benzene rings is 1. The van der Waals surface area contributed by atoms with Gasteiger partial charge in [0.1, 0.15) is 6.29 Å². The molecule has 90 valence electrons. The second kappa shape index (κ2) is 5.28. The fourth-order valence-corrected chi connectivity index (χ4v) is 1.90. The molecule has 0 fully saturated rings. The van der Waals surface area contributed by atoms with Gasteiger partial charge in [-0.25, -0.2) is 0 Å². The standard InChI is InChI=1S/C14H12N2O2/c15-8-10-4-5-13-11(7-10)12(9-16-13)14(18)3-1-2-6-17/h4-7,9,16H,1-3H2. The number of fused-ring (bicyclic) bond motifs is 1. The number of nitrogens with zero attached hydrogens (tertiary/aromatic N) is 1. The highest BCUT2D eigenvalue weighted by Gasteiger charge is 2.12. The van der Waals surface area contributed by atoms with Crippen molar-refractivity contribution in [3.05, 3.63) is 35.5 Å². The summed E-state index contributed by atoms with van der Waals surface area (Å²) in [4.78, 5) is 25.2. The van der Waals surface area contributed by atoms with Crippen LogP contribution in [-0.2, 0) is 4.79 Å². The van der Waals surface area contributed by atoms with Crippen LogP contribution in [0.2, 0.25) is 0 Å². The fraction of sp³-hybridized carbons (Fsp3) is 0.214. The third-order valence-corrected chi connectivity index (χ3v) is 2.84. The van der Waals surface area contributed by atoms with E-state index < -0.39 is 0 Å². The Labute approximate surface area is 104 Å². The van der Waals surface area contributed by atoms with Crippen molar-refractivity contribution in [2.45, 2.75) is 19.3 Å². The molecule has 0 bridgehead atoms. The number of aromatic amines is 1. The van der Waals surface area contributed by atoms with E-state index in [0.29, 0.717) is 30.4 Å². The molecule has 1 N–H and O–H groups in total. The average Bonchev–Trinajstić information content (AvgIpc) is 2.81. The predicted molar refractivity (Wildman–Crippen MR) is 67.3 cm³/mol. The zero-order valence-corrected chi connectivity index (χ0v) is 9.77. The number of aromatic nitrogens is 1. The molecular weight excluding hydrogens is 228 g/mol. The Morgan fingerprint density at radius 2 is 2.28 bits per heavy atom. The van der Waals surface area contributed by atoms with Gasteiger partial charge in [0.05, 0.1) is 11.6 Å². The highest BCUT2D eigenvalue weighted by molar-refractivity contribution is 6.08. The van der Waals surface area contributed by atoms with Crippen LogP contribution in [0.25, 0.3) is 10.9 Å².